The topological polar surface area (TPSA) is 73.8 Å². The zero-order valence-corrected chi connectivity index (χ0v) is 12.7. The number of rotatable bonds is 4. The van der Waals surface area contributed by atoms with Crippen molar-refractivity contribution in [3.8, 4) is 0 Å². The van der Waals surface area contributed by atoms with Crippen LogP contribution in [-0.2, 0) is 13.0 Å². The van der Waals surface area contributed by atoms with Crippen LogP contribution < -0.4 is 5.69 Å². The molecule has 0 aliphatic carbocycles. The highest BCUT2D eigenvalue weighted by Gasteiger charge is 2.12. The van der Waals surface area contributed by atoms with Crippen molar-refractivity contribution in [2.45, 2.75) is 40.2 Å². The van der Waals surface area contributed by atoms with E-state index in [-0.39, 0.29) is 12.2 Å². The summed E-state index contributed by atoms with van der Waals surface area (Å²) in [5.74, 6) is 1.09. The van der Waals surface area contributed by atoms with Crippen LogP contribution >= 0.6 is 15.9 Å². The first-order chi connectivity index (χ1) is 9.02. The molecule has 0 bridgehead atoms. The molecule has 0 spiro atoms. The van der Waals surface area contributed by atoms with E-state index in [0.29, 0.717) is 17.4 Å². The predicted molar refractivity (Wildman–Crippen MR) is 73.1 cm³/mol. The molecule has 2 heterocycles. The van der Waals surface area contributed by atoms with Crippen LogP contribution in [-0.4, -0.2) is 19.7 Å². The van der Waals surface area contributed by atoms with Gasteiger partial charge in [-0.15, -0.1) is 0 Å². The summed E-state index contributed by atoms with van der Waals surface area (Å²) in [5, 5.41) is 3.88. The monoisotopic (exact) mass is 326 g/mol. The lowest BCUT2D eigenvalue weighted by Crippen LogP contribution is -2.27. The third kappa shape index (κ3) is 2.91. The van der Waals surface area contributed by atoms with E-state index in [0.717, 1.165) is 23.0 Å². The van der Waals surface area contributed by atoms with E-state index < -0.39 is 0 Å². The normalized spacial score (nSPS) is 10.9. The van der Waals surface area contributed by atoms with E-state index in [1.54, 1.807) is 6.92 Å². The van der Waals surface area contributed by atoms with Crippen molar-refractivity contribution in [2.24, 2.45) is 0 Å². The van der Waals surface area contributed by atoms with Gasteiger partial charge in [0.15, 0.2) is 5.82 Å². The minimum absolute atomic E-state index is 0.268. The maximum atomic E-state index is 11.9. The molecule has 2 aromatic heterocycles. The Morgan fingerprint density at radius 1 is 1.32 bits per heavy atom. The molecular formula is C12H15BrN4O2. The van der Waals surface area contributed by atoms with Gasteiger partial charge in [-0.25, -0.2) is 4.79 Å². The van der Waals surface area contributed by atoms with Crippen LogP contribution in [0.2, 0.25) is 0 Å². The molecule has 0 saturated carbocycles. The second-order valence-corrected chi connectivity index (χ2v) is 5.11. The first-order valence-corrected chi connectivity index (χ1v) is 6.87. The second kappa shape index (κ2) is 5.64. The Kier molecular flexibility index (Phi) is 4.14. The van der Waals surface area contributed by atoms with E-state index in [9.17, 15) is 4.79 Å². The molecule has 0 radical (unpaired) electrons. The zero-order valence-electron chi connectivity index (χ0n) is 11.1. The third-order valence-electron chi connectivity index (χ3n) is 2.81. The van der Waals surface area contributed by atoms with Crippen molar-refractivity contribution in [2.75, 3.05) is 0 Å². The Morgan fingerprint density at radius 2 is 2.05 bits per heavy atom. The van der Waals surface area contributed by atoms with Crippen molar-refractivity contribution in [3.63, 3.8) is 0 Å². The van der Waals surface area contributed by atoms with Crippen molar-refractivity contribution >= 4 is 15.9 Å². The molecule has 6 nitrogen and oxygen atoms in total. The number of halogens is 1. The van der Waals surface area contributed by atoms with Crippen LogP contribution in [0.1, 0.15) is 36.4 Å². The smallest absolute Gasteiger partial charge is 0.339 e. The van der Waals surface area contributed by atoms with Crippen LogP contribution in [0.4, 0.5) is 0 Å². The quantitative estimate of drug-likeness (QED) is 0.859. The molecule has 0 aliphatic rings. The third-order valence-corrected chi connectivity index (χ3v) is 3.96. The molecule has 19 heavy (non-hydrogen) atoms. The Labute approximate surface area is 119 Å². The average molecular weight is 327 g/mol. The maximum Gasteiger partial charge on any atom is 0.348 e. The summed E-state index contributed by atoms with van der Waals surface area (Å²) in [6, 6.07) is 0. The van der Waals surface area contributed by atoms with Gasteiger partial charge in [-0.05, 0) is 36.2 Å². The SMILES string of the molecule is CCCc1nc(Cn2c(C)c(Br)c(C)nc2=O)no1. The molecule has 2 aromatic rings. The highest BCUT2D eigenvalue weighted by molar-refractivity contribution is 9.10. The molecule has 0 amide bonds. The van der Waals surface area contributed by atoms with E-state index in [2.05, 4.69) is 31.1 Å². The first kappa shape index (κ1) is 13.9. The lowest BCUT2D eigenvalue weighted by Gasteiger charge is -2.09. The van der Waals surface area contributed by atoms with Gasteiger partial charge in [0.25, 0.3) is 0 Å². The largest absolute Gasteiger partial charge is 0.348 e. The molecule has 2 rings (SSSR count). The Morgan fingerprint density at radius 3 is 2.74 bits per heavy atom. The Hall–Kier alpha value is -1.50. The van der Waals surface area contributed by atoms with Crippen molar-refractivity contribution < 1.29 is 4.52 Å². The van der Waals surface area contributed by atoms with Crippen LogP contribution in [0.5, 0.6) is 0 Å². The maximum absolute atomic E-state index is 11.9. The van der Waals surface area contributed by atoms with Gasteiger partial charge in [-0.2, -0.15) is 9.97 Å². The highest BCUT2D eigenvalue weighted by Crippen LogP contribution is 2.17. The first-order valence-electron chi connectivity index (χ1n) is 6.08. The predicted octanol–water partition coefficient (Wildman–Crippen LogP) is 2.01. The standard InChI is InChI=1S/C12H15BrN4O2/c1-4-5-10-15-9(16-19-10)6-17-8(3)11(13)7(2)14-12(17)18/h4-6H2,1-3H3. The summed E-state index contributed by atoms with van der Waals surface area (Å²) in [6.45, 7) is 5.95. The molecule has 0 atom stereocenters. The number of aryl methyl sites for hydroxylation is 2. The molecule has 102 valence electrons. The van der Waals surface area contributed by atoms with Crippen LogP contribution in [0, 0.1) is 13.8 Å². The van der Waals surface area contributed by atoms with Gasteiger partial charge in [-0.3, -0.25) is 4.57 Å². The van der Waals surface area contributed by atoms with Gasteiger partial charge in [0, 0.05) is 12.1 Å². The van der Waals surface area contributed by atoms with Crippen LogP contribution in [0.3, 0.4) is 0 Å². The van der Waals surface area contributed by atoms with Gasteiger partial charge < -0.3 is 4.52 Å². The fraction of sp³-hybridized carbons (Fsp3) is 0.500. The van der Waals surface area contributed by atoms with Crippen molar-refractivity contribution in [3.05, 3.63) is 38.1 Å². The minimum atomic E-state index is -0.306. The van der Waals surface area contributed by atoms with E-state index in [4.69, 9.17) is 4.52 Å². The summed E-state index contributed by atoms with van der Waals surface area (Å²) in [4.78, 5) is 20.1. The van der Waals surface area contributed by atoms with Crippen LogP contribution in [0.15, 0.2) is 13.8 Å². The van der Waals surface area contributed by atoms with Gasteiger partial charge in [0.05, 0.1) is 16.7 Å². The van der Waals surface area contributed by atoms with E-state index >= 15 is 0 Å². The summed E-state index contributed by atoms with van der Waals surface area (Å²) >= 11 is 3.42. The van der Waals surface area contributed by atoms with Crippen LogP contribution in [0.25, 0.3) is 0 Å². The zero-order chi connectivity index (χ0) is 14.0. The molecule has 0 fully saturated rings. The Balaban J connectivity index is 2.32. The summed E-state index contributed by atoms with van der Waals surface area (Å²) in [6.07, 6.45) is 1.69. The lowest BCUT2D eigenvalue weighted by atomic mass is 10.3. The average Bonchev–Trinajstić information content (AvgIpc) is 2.80. The Bertz CT molecular complexity index is 648. The number of hydrogen-bond donors (Lipinski definition) is 0. The molecule has 7 heteroatoms. The van der Waals surface area contributed by atoms with Crippen molar-refractivity contribution in [1.82, 2.24) is 19.7 Å². The molecule has 0 saturated heterocycles. The summed E-state index contributed by atoms with van der Waals surface area (Å²) < 4.78 is 7.45. The molecule has 0 aliphatic heterocycles. The highest BCUT2D eigenvalue weighted by atomic mass is 79.9. The number of nitrogens with zero attached hydrogens (tertiary/aromatic N) is 4. The van der Waals surface area contributed by atoms with E-state index in [1.807, 2.05) is 13.8 Å². The lowest BCUT2D eigenvalue weighted by molar-refractivity contribution is 0.370. The molecule has 0 aromatic carbocycles. The molecule has 0 unspecified atom stereocenters. The minimum Gasteiger partial charge on any atom is -0.339 e. The molecule has 0 N–H and O–H groups in total. The summed E-state index contributed by atoms with van der Waals surface area (Å²) in [7, 11) is 0. The molecular weight excluding hydrogens is 312 g/mol. The number of hydrogen-bond acceptors (Lipinski definition) is 5. The van der Waals surface area contributed by atoms with E-state index in [1.165, 1.54) is 4.57 Å². The van der Waals surface area contributed by atoms with Gasteiger partial charge in [0.2, 0.25) is 5.89 Å². The van der Waals surface area contributed by atoms with Gasteiger partial charge >= 0.3 is 5.69 Å². The van der Waals surface area contributed by atoms with Crippen molar-refractivity contribution in [1.29, 1.82) is 0 Å². The fourth-order valence-electron chi connectivity index (χ4n) is 1.77. The van der Waals surface area contributed by atoms with Gasteiger partial charge in [0.1, 0.15) is 0 Å². The summed E-state index contributed by atoms with van der Waals surface area (Å²) in [5.41, 5.74) is 1.18. The van der Waals surface area contributed by atoms with Gasteiger partial charge in [-0.1, -0.05) is 12.1 Å². The second-order valence-electron chi connectivity index (χ2n) is 4.32. The number of aromatic nitrogens is 4. The fourth-order valence-corrected chi connectivity index (χ4v) is 2.08.